The zero-order valence-electron chi connectivity index (χ0n) is 9.45. The van der Waals surface area contributed by atoms with Crippen LogP contribution in [0.25, 0.3) is 0 Å². The minimum absolute atomic E-state index is 0.0381. The molecule has 0 saturated carbocycles. The van der Waals surface area contributed by atoms with Crippen LogP contribution in [0.15, 0.2) is 24.3 Å². The summed E-state index contributed by atoms with van der Waals surface area (Å²) < 4.78 is 13.0. The van der Waals surface area contributed by atoms with Gasteiger partial charge in [0.05, 0.1) is 0 Å². The number of hydrogen-bond donors (Lipinski definition) is 0. The van der Waals surface area contributed by atoms with Crippen molar-refractivity contribution in [3.05, 3.63) is 35.6 Å². The molecule has 2 nitrogen and oxygen atoms in total. The molecule has 0 aromatic heterocycles. The van der Waals surface area contributed by atoms with Crippen molar-refractivity contribution in [1.29, 1.82) is 0 Å². The summed E-state index contributed by atoms with van der Waals surface area (Å²) in [6.07, 6.45) is 3.10. The quantitative estimate of drug-likeness (QED) is 0.752. The summed E-state index contributed by atoms with van der Waals surface area (Å²) >= 11 is 0. The number of carbonyl (C=O) groups excluding carboxylic acids is 1. The van der Waals surface area contributed by atoms with Gasteiger partial charge in [0.25, 0.3) is 5.91 Å². The number of nitrogens with zero attached hydrogens (tertiary/aromatic N) is 1. The lowest BCUT2D eigenvalue weighted by Gasteiger charge is -2.23. The van der Waals surface area contributed by atoms with Gasteiger partial charge in [0.15, 0.2) is 0 Å². The smallest absolute Gasteiger partial charge is 0.254 e. The maximum atomic E-state index is 13.0. The normalized spacial score (nSPS) is 20.1. The van der Waals surface area contributed by atoms with E-state index in [9.17, 15) is 9.18 Å². The highest BCUT2D eigenvalue weighted by Crippen LogP contribution is 2.22. The van der Waals surface area contributed by atoms with E-state index in [0.29, 0.717) is 11.6 Å². The fourth-order valence-electron chi connectivity index (χ4n) is 2.31. The third-order valence-corrected chi connectivity index (χ3v) is 3.18. The second-order valence-corrected chi connectivity index (χ2v) is 4.21. The first-order chi connectivity index (χ1) is 7.72. The average molecular weight is 221 g/mol. The predicted molar refractivity (Wildman–Crippen MR) is 60.7 cm³/mol. The van der Waals surface area contributed by atoms with Gasteiger partial charge in [0.2, 0.25) is 0 Å². The molecule has 2 rings (SSSR count). The van der Waals surface area contributed by atoms with Crippen LogP contribution in [-0.4, -0.2) is 23.4 Å². The summed E-state index contributed by atoms with van der Waals surface area (Å²) in [4.78, 5) is 14.0. The molecule has 1 aromatic rings. The molecule has 1 saturated heterocycles. The van der Waals surface area contributed by atoms with Crippen molar-refractivity contribution < 1.29 is 9.18 Å². The molecule has 0 bridgehead atoms. The third kappa shape index (κ3) is 2.08. The molecule has 0 radical (unpaired) electrons. The number of likely N-dealkylation sites (tertiary alicyclic amines) is 1. The molecular formula is C13H16FNO. The zero-order chi connectivity index (χ0) is 11.5. The molecular weight excluding hydrogens is 205 g/mol. The van der Waals surface area contributed by atoms with Crippen LogP contribution in [0.2, 0.25) is 0 Å². The van der Waals surface area contributed by atoms with Gasteiger partial charge in [0, 0.05) is 18.2 Å². The molecule has 1 fully saturated rings. The van der Waals surface area contributed by atoms with Gasteiger partial charge in [-0.25, -0.2) is 4.39 Å². The molecule has 0 spiro atoms. The summed E-state index contributed by atoms with van der Waals surface area (Å²) in [5, 5.41) is 0. The number of halogens is 1. The molecule has 86 valence electrons. The monoisotopic (exact) mass is 221 g/mol. The van der Waals surface area contributed by atoms with Gasteiger partial charge < -0.3 is 4.90 Å². The maximum absolute atomic E-state index is 13.0. The van der Waals surface area contributed by atoms with Gasteiger partial charge in [-0.05, 0) is 37.5 Å². The minimum atomic E-state index is -0.349. The van der Waals surface area contributed by atoms with E-state index in [2.05, 4.69) is 6.92 Å². The first-order valence-corrected chi connectivity index (χ1v) is 5.79. The molecule has 1 amide bonds. The van der Waals surface area contributed by atoms with E-state index in [1.165, 1.54) is 12.1 Å². The van der Waals surface area contributed by atoms with Crippen molar-refractivity contribution in [2.45, 2.75) is 32.2 Å². The van der Waals surface area contributed by atoms with Crippen LogP contribution in [0.5, 0.6) is 0 Å². The van der Waals surface area contributed by atoms with Crippen LogP contribution in [0, 0.1) is 5.82 Å². The molecule has 1 atom stereocenters. The molecule has 0 N–H and O–H groups in total. The summed E-state index contributed by atoms with van der Waals surface area (Å²) in [6.45, 7) is 2.88. The highest BCUT2D eigenvalue weighted by molar-refractivity contribution is 5.94. The van der Waals surface area contributed by atoms with Crippen LogP contribution < -0.4 is 0 Å². The van der Waals surface area contributed by atoms with Gasteiger partial charge in [0.1, 0.15) is 5.82 Å². The summed E-state index contributed by atoms with van der Waals surface area (Å²) in [7, 11) is 0. The number of carbonyl (C=O) groups is 1. The Balaban J connectivity index is 2.18. The van der Waals surface area contributed by atoms with Crippen molar-refractivity contribution in [3.8, 4) is 0 Å². The molecule has 16 heavy (non-hydrogen) atoms. The molecule has 1 heterocycles. The predicted octanol–water partition coefficient (Wildman–Crippen LogP) is 2.84. The topological polar surface area (TPSA) is 20.3 Å². The summed E-state index contributed by atoms with van der Waals surface area (Å²) in [6, 6.07) is 6.26. The second kappa shape index (κ2) is 4.64. The zero-order valence-corrected chi connectivity index (χ0v) is 9.45. The Bertz CT molecular complexity index is 391. The van der Waals surface area contributed by atoms with Crippen LogP contribution in [0.3, 0.4) is 0 Å². The Morgan fingerprint density at radius 1 is 1.56 bits per heavy atom. The number of amides is 1. The lowest BCUT2D eigenvalue weighted by atomic mass is 10.1. The van der Waals surface area contributed by atoms with Crippen LogP contribution in [-0.2, 0) is 0 Å². The standard InChI is InChI=1S/C13H16FNO/c1-2-12-7-4-8-15(12)13(16)10-5-3-6-11(14)9-10/h3,5-6,9,12H,2,4,7-8H2,1H3. The van der Waals surface area contributed by atoms with E-state index in [0.717, 1.165) is 25.8 Å². The fraction of sp³-hybridized carbons (Fsp3) is 0.462. The van der Waals surface area contributed by atoms with Gasteiger partial charge in [-0.1, -0.05) is 13.0 Å². The van der Waals surface area contributed by atoms with E-state index in [-0.39, 0.29) is 11.7 Å². The van der Waals surface area contributed by atoms with Crippen molar-refractivity contribution in [2.24, 2.45) is 0 Å². The van der Waals surface area contributed by atoms with E-state index in [1.807, 2.05) is 4.90 Å². The van der Waals surface area contributed by atoms with E-state index in [1.54, 1.807) is 12.1 Å². The Hall–Kier alpha value is -1.38. The lowest BCUT2D eigenvalue weighted by molar-refractivity contribution is 0.0733. The maximum Gasteiger partial charge on any atom is 0.254 e. The van der Waals surface area contributed by atoms with Crippen LogP contribution >= 0.6 is 0 Å². The van der Waals surface area contributed by atoms with Gasteiger partial charge >= 0.3 is 0 Å². The minimum Gasteiger partial charge on any atom is -0.336 e. The van der Waals surface area contributed by atoms with Gasteiger partial charge in [-0.2, -0.15) is 0 Å². The fourth-order valence-corrected chi connectivity index (χ4v) is 2.31. The Kier molecular flexibility index (Phi) is 3.22. The number of rotatable bonds is 2. The van der Waals surface area contributed by atoms with Gasteiger partial charge in [-0.15, -0.1) is 0 Å². The first-order valence-electron chi connectivity index (χ1n) is 5.79. The highest BCUT2D eigenvalue weighted by Gasteiger charge is 2.27. The Labute approximate surface area is 95.1 Å². The van der Waals surface area contributed by atoms with Crippen LogP contribution in [0.4, 0.5) is 4.39 Å². The molecule has 1 aliphatic rings. The number of benzene rings is 1. The largest absolute Gasteiger partial charge is 0.336 e. The molecule has 1 aliphatic heterocycles. The first kappa shape index (κ1) is 11.1. The van der Waals surface area contributed by atoms with Gasteiger partial charge in [-0.3, -0.25) is 4.79 Å². The lowest BCUT2D eigenvalue weighted by Crippen LogP contribution is -2.35. The molecule has 3 heteroatoms. The second-order valence-electron chi connectivity index (χ2n) is 4.21. The van der Waals surface area contributed by atoms with E-state index in [4.69, 9.17) is 0 Å². The molecule has 0 aliphatic carbocycles. The average Bonchev–Trinajstić information content (AvgIpc) is 2.76. The Morgan fingerprint density at radius 3 is 3.06 bits per heavy atom. The third-order valence-electron chi connectivity index (χ3n) is 3.18. The van der Waals surface area contributed by atoms with Crippen molar-refractivity contribution in [1.82, 2.24) is 4.90 Å². The molecule has 1 aromatic carbocycles. The summed E-state index contributed by atoms with van der Waals surface area (Å²) in [5.74, 6) is -0.387. The highest BCUT2D eigenvalue weighted by atomic mass is 19.1. The van der Waals surface area contributed by atoms with Crippen molar-refractivity contribution in [2.75, 3.05) is 6.54 Å². The SMILES string of the molecule is CCC1CCCN1C(=O)c1cccc(F)c1. The Morgan fingerprint density at radius 2 is 2.38 bits per heavy atom. The van der Waals surface area contributed by atoms with E-state index < -0.39 is 0 Å². The summed E-state index contributed by atoms with van der Waals surface area (Å²) in [5.41, 5.74) is 0.459. The number of hydrogen-bond acceptors (Lipinski definition) is 1. The van der Waals surface area contributed by atoms with Crippen LogP contribution in [0.1, 0.15) is 36.5 Å². The molecule has 1 unspecified atom stereocenters. The van der Waals surface area contributed by atoms with Crippen molar-refractivity contribution in [3.63, 3.8) is 0 Å². The van der Waals surface area contributed by atoms with E-state index >= 15 is 0 Å². The van der Waals surface area contributed by atoms with Crippen molar-refractivity contribution >= 4 is 5.91 Å².